The molecular formula is C24H23N3O2. The van der Waals surface area contributed by atoms with Gasteiger partial charge in [0.25, 0.3) is 5.91 Å². The van der Waals surface area contributed by atoms with Gasteiger partial charge in [0.15, 0.2) is 0 Å². The molecule has 1 aliphatic heterocycles. The molecule has 2 aliphatic rings. The maximum Gasteiger partial charge on any atom is 0.251 e. The summed E-state index contributed by atoms with van der Waals surface area (Å²) in [6, 6.07) is 18.1. The maximum absolute atomic E-state index is 12.9. The lowest BCUT2D eigenvalue weighted by Crippen LogP contribution is -2.34. The second-order valence-corrected chi connectivity index (χ2v) is 7.60. The van der Waals surface area contributed by atoms with Gasteiger partial charge in [-0.25, -0.2) is 0 Å². The lowest BCUT2D eigenvalue weighted by atomic mass is 9.92. The van der Waals surface area contributed by atoms with Gasteiger partial charge in [-0.1, -0.05) is 48.5 Å². The third-order valence-electron chi connectivity index (χ3n) is 5.67. The van der Waals surface area contributed by atoms with Gasteiger partial charge in [0, 0.05) is 16.8 Å². The molecule has 3 aromatic rings. The smallest absolute Gasteiger partial charge is 0.251 e. The number of amides is 1. The minimum Gasteiger partial charge on any atom is -0.488 e. The van der Waals surface area contributed by atoms with E-state index in [4.69, 9.17) is 4.74 Å². The summed E-state index contributed by atoms with van der Waals surface area (Å²) in [7, 11) is 0. The van der Waals surface area contributed by atoms with Crippen LogP contribution >= 0.6 is 0 Å². The maximum atomic E-state index is 12.9. The van der Waals surface area contributed by atoms with E-state index in [0.29, 0.717) is 12.2 Å². The van der Waals surface area contributed by atoms with Crippen LogP contribution in [0, 0.1) is 0 Å². The Bertz CT molecular complexity index is 1070. The van der Waals surface area contributed by atoms with Gasteiger partial charge in [-0.05, 0) is 37.0 Å². The van der Waals surface area contributed by atoms with Crippen LogP contribution in [0.4, 0.5) is 0 Å². The number of hydrogen-bond acceptors (Lipinski definition) is 3. The summed E-state index contributed by atoms with van der Waals surface area (Å²) >= 11 is 0. The highest BCUT2D eigenvalue weighted by atomic mass is 16.5. The number of fused-ring (bicyclic) bond motifs is 2. The van der Waals surface area contributed by atoms with E-state index >= 15 is 0 Å². The van der Waals surface area contributed by atoms with Gasteiger partial charge < -0.3 is 10.1 Å². The number of carbonyl (C=O) groups is 1. The van der Waals surface area contributed by atoms with E-state index in [0.717, 1.165) is 42.7 Å². The molecule has 0 radical (unpaired) electrons. The summed E-state index contributed by atoms with van der Waals surface area (Å²) in [4.78, 5) is 12.9. The SMILES string of the molecule is O=C(N[C@@H]1CCCc2c1cnn2Cc1ccccc1)C1=Cc2ccccc2OC1. The summed E-state index contributed by atoms with van der Waals surface area (Å²) in [6.07, 6.45) is 6.81. The molecular weight excluding hydrogens is 362 g/mol. The Morgan fingerprint density at radius 1 is 1.14 bits per heavy atom. The van der Waals surface area contributed by atoms with E-state index in [2.05, 4.69) is 27.2 Å². The number of nitrogens with one attached hydrogen (secondary N) is 1. The lowest BCUT2D eigenvalue weighted by Gasteiger charge is -2.25. The van der Waals surface area contributed by atoms with Crippen molar-refractivity contribution in [1.29, 1.82) is 0 Å². The summed E-state index contributed by atoms with van der Waals surface area (Å²) in [5.74, 6) is 0.763. The number of aromatic nitrogens is 2. The molecule has 1 amide bonds. The van der Waals surface area contributed by atoms with Crippen LogP contribution in [0.5, 0.6) is 5.75 Å². The predicted octanol–water partition coefficient (Wildman–Crippen LogP) is 3.90. The van der Waals surface area contributed by atoms with Crippen LogP contribution in [-0.4, -0.2) is 22.3 Å². The largest absolute Gasteiger partial charge is 0.488 e. The molecule has 0 saturated carbocycles. The molecule has 5 heteroatoms. The highest BCUT2D eigenvalue weighted by Gasteiger charge is 2.27. The first-order valence-electron chi connectivity index (χ1n) is 10.1. The Hall–Kier alpha value is -3.34. The number of benzene rings is 2. The predicted molar refractivity (Wildman–Crippen MR) is 112 cm³/mol. The fraction of sp³-hybridized carbons (Fsp3) is 0.250. The Morgan fingerprint density at radius 2 is 1.97 bits per heavy atom. The third kappa shape index (κ3) is 3.56. The third-order valence-corrected chi connectivity index (χ3v) is 5.67. The van der Waals surface area contributed by atoms with E-state index in [1.54, 1.807) is 0 Å². The Kier molecular flexibility index (Phi) is 4.64. The fourth-order valence-electron chi connectivity index (χ4n) is 4.16. The molecule has 5 rings (SSSR count). The number of ether oxygens (including phenoxy) is 1. The zero-order valence-corrected chi connectivity index (χ0v) is 16.2. The Balaban J connectivity index is 1.34. The van der Waals surface area contributed by atoms with Crippen molar-refractivity contribution in [3.8, 4) is 5.75 Å². The van der Waals surface area contributed by atoms with Crippen molar-refractivity contribution in [3.63, 3.8) is 0 Å². The van der Waals surface area contributed by atoms with Crippen molar-refractivity contribution in [2.75, 3.05) is 6.61 Å². The van der Waals surface area contributed by atoms with Crippen LogP contribution in [-0.2, 0) is 17.8 Å². The van der Waals surface area contributed by atoms with Crippen LogP contribution in [0.25, 0.3) is 6.08 Å². The molecule has 1 N–H and O–H groups in total. The number of nitrogens with zero attached hydrogens (tertiary/aromatic N) is 2. The first-order valence-corrected chi connectivity index (χ1v) is 10.1. The van der Waals surface area contributed by atoms with Crippen molar-refractivity contribution in [2.24, 2.45) is 0 Å². The van der Waals surface area contributed by atoms with Crippen LogP contribution in [0.3, 0.4) is 0 Å². The second kappa shape index (κ2) is 7.59. The molecule has 2 heterocycles. The molecule has 1 aromatic heterocycles. The molecule has 5 nitrogen and oxygen atoms in total. The van der Waals surface area contributed by atoms with E-state index in [9.17, 15) is 4.79 Å². The Morgan fingerprint density at radius 3 is 2.86 bits per heavy atom. The highest BCUT2D eigenvalue weighted by Crippen LogP contribution is 2.31. The van der Waals surface area contributed by atoms with Crippen molar-refractivity contribution in [1.82, 2.24) is 15.1 Å². The molecule has 0 spiro atoms. The van der Waals surface area contributed by atoms with Crippen molar-refractivity contribution < 1.29 is 9.53 Å². The van der Waals surface area contributed by atoms with Crippen LogP contribution < -0.4 is 10.1 Å². The zero-order chi connectivity index (χ0) is 19.6. The molecule has 1 aliphatic carbocycles. The average Bonchev–Trinajstić information content (AvgIpc) is 3.18. The quantitative estimate of drug-likeness (QED) is 0.741. The normalized spacial score (nSPS) is 17.5. The number of hydrogen-bond donors (Lipinski definition) is 1. The van der Waals surface area contributed by atoms with Crippen LogP contribution in [0.2, 0.25) is 0 Å². The Labute approximate surface area is 170 Å². The van der Waals surface area contributed by atoms with Gasteiger partial charge >= 0.3 is 0 Å². The summed E-state index contributed by atoms with van der Waals surface area (Å²) in [5, 5.41) is 7.83. The number of para-hydroxylation sites is 1. The van der Waals surface area contributed by atoms with Gasteiger partial charge in [0.05, 0.1) is 24.4 Å². The molecule has 146 valence electrons. The summed E-state index contributed by atoms with van der Waals surface area (Å²) < 4.78 is 7.81. The van der Waals surface area contributed by atoms with Crippen molar-refractivity contribution in [3.05, 3.63) is 88.8 Å². The standard InChI is InChI=1S/C24H23N3O2/c28-24(19-13-18-9-4-5-12-23(18)29-16-19)26-21-10-6-11-22-20(21)14-25-27(22)15-17-7-2-1-3-8-17/h1-5,7-9,12-14,21H,6,10-11,15-16H2,(H,26,28)/t21-/m1/s1. The first kappa shape index (κ1) is 17.7. The van der Waals surface area contributed by atoms with Gasteiger partial charge in [0.2, 0.25) is 0 Å². The van der Waals surface area contributed by atoms with Gasteiger partial charge in [0.1, 0.15) is 12.4 Å². The molecule has 0 bridgehead atoms. The average molecular weight is 385 g/mol. The van der Waals surface area contributed by atoms with Crippen molar-refractivity contribution >= 4 is 12.0 Å². The first-order chi connectivity index (χ1) is 14.3. The van der Waals surface area contributed by atoms with Crippen LogP contribution in [0.1, 0.15) is 41.3 Å². The highest BCUT2D eigenvalue weighted by molar-refractivity contribution is 5.99. The second-order valence-electron chi connectivity index (χ2n) is 7.60. The molecule has 0 unspecified atom stereocenters. The molecule has 0 saturated heterocycles. The zero-order valence-electron chi connectivity index (χ0n) is 16.2. The van der Waals surface area contributed by atoms with Gasteiger partial charge in [-0.15, -0.1) is 0 Å². The molecule has 29 heavy (non-hydrogen) atoms. The minimum atomic E-state index is -0.0619. The molecule has 0 fully saturated rings. The van der Waals surface area contributed by atoms with E-state index in [1.807, 2.05) is 54.7 Å². The lowest BCUT2D eigenvalue weighted by molar-refractivity contribution is -0.118. The summed E-state index contributed by atoms with van der Waals surface area (Å²) in [5.41, 5.74) is 5.20. The molecule has 2 aromatic carbocycles. The van der Waals surface area contributed by atoms with E-state index in [1.165, 1.54) is 11.3 Å². The number of carbonyl (C=O) groups excluding carboxylic acids is 1. The topological polar surface area (TPSA) is 56.2 Å². The van der Waals surface area contributed by atoms with Crippen LogP contribution in [0.15, 0.2) is 66.4 Å². The van der Waals surface area contributed by atoms with Gasteiger partial charge in [-0.2, -0.15) is 5.10 Å². The van der Waals surface area contributed by atoms with Crippen molar-refractivity contribution in [2.45, 2.75) is 31.8 Å². The minimum absolute atomic E-state index is 0.00570. The van der Waals surface area contributed by atoms with E-state index < -0.39 is 0 Å². The monoisotopic (exact) mass is 385 g/mol. The molecule has 1 atom stereocenters. The number of rotatable bonds is 4. The van der Waals surface area contributed by atoms with Gasteiger partial charge in [-0.3, -0.25) is 9.48 Å². The van der Waals surface area contributed by atoms with E-state index in [-0.39, 0.29) is 11.9 Å². The summed E-state index contributed by atoms with van der Waals surface area (Å²) in [6.45, 7) is 1.06. The fourth-order valence-corrected chi connectivity index (χ4v) is 4.16.